The van der Waals surface area contributed by atoms with E-state index in [1.54, 1.807) is 11.8 Å². The van der Waals surface area contributed by atoms with Crippen LogP contribution in [0.25, 0.3) is 0 Å². The molecule has 0 aromatic rings. The second-order valence-corrected chi connectivity index (χ2v) is 3.35. The number of thioether (sulfide) groups is 1. The number of halogens is 1. The van der Waals surface area contributed by atoms with Gasteiger partial charge in [-0.3, -0.25) is 4.79 Å². The number of aldehydes is 1. The second-order valence-electron chi connectivity index (χ2n) is 1.60. The van der Waals surface area contributed by atoms with Gasteiger partial charge in [-0.1, -0.05) is 15.9 Å². The second kappa shape index (κ2) is 3.22. The molecule has 0 unspecified atom stereocenters. The summed E-state index contributed by atoms with van der Waals surface area (Å²) in [6, 6.07) is 0. The van der Waals surface area contributed by atoms with Gasteiger partial charge in [0.15, 0.2) is 0 Å². The largest absolute Gasteiger partial charge is 0.298 e. The average Bonchev–Trinajstić information content (AvgIpc) is 1.89. The molecule has 1 nitrogen and oxygen atoms in total. The normalized spacial score (nSPS) is 18.3. The van der Waals surface area contributed by atoms with Gasteiger partial charge in [0.2, 0.25) is 0 Å². The Morgan fingerprint density at radius 3 is 3.00 bits per heavy atom. The van der Waals surface area contributed by atoms with Crippen LogP contribution in [0.2, 0.25) is 0 Å². The van der Waals surface area contributed by atoms with E-state index >= 15 is 0 Å². The van der Waals surface area contributed by atoms with Gasteiger partial charge in [-0.25, -0.2) is 0 Å². The SMILES string of the molecule is O=CC1=C(Br)C=CSC1. The summed E-state index contributed by atoms with van der Waals surface area (Å²) in [5.41, 5.74) is 0.836. The minimum atomic E-state index is 0.792. The molecule has 0 amide bonds. The average molecular weight is 205 g/mol. The van der Waals surface area contributed by atoms with Crippen LogP contribution in [0, 0.1) is 0 Å². The van der Waals surface area contributed by atoms with Crippen molar-refractivity contribution in [3.05, 3.63) is 21.5 Å². The fourth-order valence-corrected chi connectivity index (χ4v) is 1.97. The van der Waals surface area contributed by atoms with Crippen molar-refractivity contribution in [1.29, 1.82) is 0 Å². The third-order valence-corrected chi connectivity index (χ3v) is 2.58. The molecule has 0 saturated carbocycles. The van der Waals surface area contributed by atoms with Gasteiger partial charge in [0.1, 0.15) is 6.29 Å². The van der Waals surface area contributed by atoms with E-state index < -0.39 is 0 Å². The predicted molar refractivity (Wildman–Crippen MR) is 43.6 cm³/mol. The van der Waals surface area contributed by atoms with Gasteiger partial charge >= 0.3 is 0 Å². The van der Waals surface area contributed by atoms with Crippen molar-refractivity contribution in [2.75, 3.05) is 5.75 Å². The lowest BCUT2D eigenvalue weighted by molar-refractivity contribution is -0.104. The lowest BCUT2D eigenvalue weighted by Crippen LogP contribution is -1.92. The summed E-state index contributed by atoms with van der Waals surface area (Å²) in [4.78, 5) is 10.2. The lowest BCUT2D eigenvalue weighted by Gasteiger charge is -2.03. The summed E-state index contributed by atoms with van der Waals surface area (Å²) < 4.78 is 0.913. The first-order valence-corrected chi connectivity index (χ1v) is 4.31. The first-order valence-electron chi connectivity index (χ1n) is 2.46. The number of carbonyl (C=O) groups excluding carboxylic acids is 1. The van der Waals surface area contributed by atoms with Crippen LogP contribution in [0.4, 0.5) is 0 Å². The summed E-state index contributed by atoms with van der Waals surface area (Å²) in [7, 11) is 0. The molecule has 1 rings (SSSR count). The highest BCUT2D eigenvalue weighted by molar-refractivity contribution is 9.12. The minimum Gasteiger partial charge on any atom is -0.298 e. The highest BCUT2D eigenvalue weighted by atomic mass is 79.9. The van der Waals surface area contributed by atoms with Crippen molar-refractivity contribution < 1.29 is 4.79 Å². The van der Waals surface area contributed by atoms with Crippen molar-refractivity contribution in [3.63, 3.8) is 0 Å². The van der Waals surface area contributed by atoms with Crippen molar-refractivity contribution in [1.82, 2.24) is 0 Å². The zero-order chi connectivity index (χ0) is 6.69. The van der Waals surface area contributed by atoms with Gasteiger partial charge in [0.25, 0.3) is 0 Å². The lowest BCUT2D eigenvalue weighted by atomic mass is 10.3. The summed E-state index contributed by atoms with van der Waals surface area (Å²) in [6.45, 7) is 0. The summed E-state index contributed by atoms with van der Waals surface area (Å²) in [5, 5.41) is 1.97. The Balaban J connectivity index is 2.84. The smallest absolute Gasteiger partial charge is 0.148 e. The maximum atomic E-state index is 10.2. The Morgan fingerprint density at radius 2 is 2.56 bits per heavy atom. The molecule has 0 atom stereocenters. The minimum absolute atomic E-state index is 0.792. The van der Waals surface area contributed by atoms with Crippen LogP contribution in [-0.2, 0) is 4.79 Å². The monoisotopic (exact) mass is 204 g/mol. The molecule has 0 aliphatic carbocycles. The first-order chi connectivity index (χ1) is 4.34. The Labute approximate surface area is 66.3 Å². The molecule has 48 valence electrons. The van der Waals surface area contributed by atoms with Crippen LogP contribution < -0.4 is 0 Å². The van der Waals surface area contributed by atoms with Gasteiger partial charge in [0, 0.05) is 15.8 Å². The van der Waals surface area contributed by atoms with Crippen molar-refractivity contribution in [3.8, 4) is 0 Å². The van der Waals surface area contributed by atoms with Crippen LogP contribution in [0.3, 0.4) is 0 Å². The van der Waals surface area contributed by atoms with E-state index in [2.05, 4.69) is 15.9 Å². The molecule has 9 heavy (non-hydrogen) atoms. The van der Waals surface area contributed by atoms with Gasteiger partial charge < -0.3 is 0 Å². The summed E-state index contributed by atoms with van der Waals surface area (Å²) in [5.74, 6) is 0.792. The van der Waals surface area contributed by atoms with Crippen molar-refractivity contribution in [2.24, 2.45) is 0 Å². The van der Waals surface area contributed by atoms with E-state index in [9.17, 15) is 4.79 Å². The zero-order valence-electron chi connectivity index (χ0n) is 4.63. The molecule has 0 saturated heterocycles. The third kappa shape index (κ3) is 1.69. The number of hydrogen-bond donors (Lipinski definition) is 0. The van der Waals surface area contributed by atoms with Crippen molar-refractivity contribution in [2.45, 2.75) is 0 Å². The highest BCUT2D eigenvalue weighted by Gasteiger charge is 2.03. The molecule has 1 aliphatic heterocycles. The maximum Gasteiger partial charge on any atom is 0.148 e. The highest BCUT2D eigenvalue weighted by Crippen LogP contribution is 2.23. The molecule has 0 fully saturated rings. The predicted octanol–water partition coefficient (Wildman–Crippen LogP) is 2.09. The van der Waals surface area contributed by atoms with E-state index in [-0.39, 0.29) is 0 Å². The topological polar surface area (TPSA) is 17.1 Å². The van der Waals surface area contributed by atoms with Crippen LogP contribution in [-0.4, -0.2) is 12.0 Å². The van der Waals surface area contributed by atoms with Gasteiger partial charge in [-0.15, -0.1) is 11.8 Å². The molecule has 0 N–H and O–H groups in total. The maximum absolute atomic E-state index is 10.2. The Morgan fingerprint density at radius 1 is 1.78 bits per heavy atom. The molecular weight excluding hydrogens is 200 g/mol. The molecule has 0 aromatic carbocycles. The molecule has 1 heterocycles. The number of hydrogen-bond acceptors (Lipinski definition) is 2. The molecule has 0 bridgehead atoms. The molecule has 0 spiro atoms. The Kier molecular flexibility index (Phi) is 2.54. The quantitative estimate of drug-likeness (QED) is 0.609. The van der Waals surface area contributed by atoms with Gasteiger partial charge in [-0.2, -0.15) is 0 Å². The zero-order valence-corrected chi connectivity index (χ0v) is 7.04. The molecule has 0 radical (unpaired) electrons. The van der Waals surface area contributed by atoms with E-state index in [0.29, 0.717) is 0 Å². The van der Waals surface area contributed by atoms with E-state index in [1.807, 2.05) is 11.5 Å². The first kappa shape index (κ1) is 7.09. The summed E-state index contributed by atoms with van der Waals surface area (Å²) in [6.07, 6.45) is 2.78. The van der Waals surface area contributed by atoms with E-state index in [4.69, 9.17) is 0 Å². The van der Waals surface area contributed by atoms with E-state index in [1.165, 1.54) is 0 Å². The van der Waals surface area contributed by atoms with Crippen LogP contribution >= 0.6 is 27.7 Å². The Bertz CT molecular complexity index is 183. The third-order valence-electron chi connectivity index (χ3n) is 0.998. The van der Waals surface area contributed by atoms with Crippen LogP contribution in [0.15, 0.2) is 21.5 Å². The fourth-order valence-electron chi connectivity index (χ4n) is 0.512. The van der Waals surface area contributed by atoms with Gasteiger partial charge in [-0.05, 0) is 11.5 Å². The molecule has 3 heteroatoms. The summed E-state index contributed by atoms with van der Waals surface area (Å²) >= 11 is 4.89. The van der Waals surface area contributed by atoms with Crippen LogP contribution in [0.5, 0.6) is 0 Å². The fraction of sp³-hybridized carbons (Fsp3) is 0.167. The Hall–Kier alpha value is -0.0200. The van der Waals surface area contributed by atoms with E-state index in [0.717, 1.165) is 22.1 Å². The number of carbonyl (C=O) groups is 1. The van der Waals surface area contributed by atoms with Crippen molar-refractivity contribution >= 4 is 34.0 Å². The van der Waals surface area contributed by atoms with Gasteiger partial charge in [0.05, 0.1) is 0 Å². The molecule has 0 aromatic heterocycles. The van der Waals surface area contributed by atoms with Crippen LogP contribution in [0.1, 0.15) is 0 Å². The number of allylic oxidation sites excluding steroid dienone is 2. The standard InChI is InChI=1S/C6H5BrOS/c7-6-1-2-9-4-5(6)3-8/h1-3H,4H2. The molecular formula is C6H5BrOS. The number of rotatable bonds is 1. The molecule has 1 aliphatic rings.